The molecule has 32 heavy (non-hydrogen) atoms. The number of rotatable bonds is 7. The van der Waals surface area contributed by atoms with Crippen molar-refractivity contribution in [1.29, 1.82) is 0 Å². The first-order valence-corrected chi connectivity index (χ1v) is 11.8. The van der Waals surface area contributed by atoms with Gasteiger partial charge in [-0.1, -0.05) is 29.4 Å². The fourth-order valence-corrected chi connectivity index (χ4v) is 4.96. The second kappa shape index (κ2) is 10.1. The molecule has 3 N–H and O–H groups in total. The maximum absolute atomic E-state index is 12.4. The van der Waals surface area contributed by atoms with Crippen LogP contribution in [0.25, 0.3) is 10.2 Å². The summed E-state index contributed by atoms with van der Waals surface area (Å²) in [5.41, 5.74) is 2.91. The topological polar surface area (TPSA) is 96.3 Å². The molecule has 0 unspecified atom stereocenters. The van der Waals surface area contributed by atoms with E-state index in [4.69, 9.17) is 16.0 Å². The summed E-state index contributed by atoms with van der Waals surface area (Å²) >= 11 is 8.94. The van der Waals surface area contributed by atoms with Crippen LogP contribution in [0.2, 0.25) is 5.02 Å². The van der Waals surface area contributed by atoms with Crippen molar-refractivity contribution in [3.05, 3.63) is 71.1 Å². The van der Waals surface area contributed by atoms with Crippen LogP contribution in [0.15, 0.2) is 63.6 Å². The van der Waals surface area contributed by atoms with Crippen LogP contribution in [0.1, 0.15) is 11.3 Å². The number of hydrogen-bond acceptors (Lipinski definition) is 6. The second-order valence-electron chi connectivity index (χ2n) is 6.80. The van der Waals surface area contributed by atoms with E-state index in [2.05, 4.69) is 20.9 Å². The van der Waals surface area contributed by atoms with Crippen LogP contribution in [-0.2, 0) is 11.3 Å². The number of thiazole rings is 1. The normalized spacial score (nSPS) is 10.8. The van der Waals surface area contributed by atoms with Gasteiger partial charge in [-0.3, -0.25) is 4.79 Å². The van der Waals surface area contributed by atoms with E-state index in [0.717, 1.165) is 20.1 Å². The third-order valence-corrected chi connectivity index (χ3v) is 7.08. The first kappa shape index (κ1) is 22.2. The standard InChI is InChI=1S/C22H19ClN4O3S2/c1-13-16(23)5-2-6-17(13)26-21(29)25-14-7-8-18-19(10-14)32-22(27-18)31-12-20(28)24-11-15-4-3-9-30-15/h2-10H,11-12H2,1H3,(H,24,28)(H2,25,26,29). The number of amides is 3. The summed E-state index contributed by atoms with van der Waals surface area (Å²) in [6.07, 6.45) is 1.57. The number of urea groups is 1. The molecule has 0 aliphatic heterocycles. The van der Waals surface area contributed by atoms with Gasteiger partial charge in [0.15, 0.2) is 4.34 Å². The third kappa shape index (κ3) is 5.61. The maximum Gasteiger partial charge on any atom is 0.323 e. The Labute approximate surface area is 197 Å². The fourth-order valence-electron chi connectivity index (χ4n) is 2.85. The second-order valence-corrected chi connectivity index (χ2v) is 9.46. The van der Waals surface area contributed by atoms with Crippen LogP contribution >= 0.6 is 34.7 Å². The van der Waals surface area contributed by atoms with Crippen molar-refractivity contribution in [2.45, 2.75) is 17.8 Å². The third-order valence-electron chi connectivity index (χ3n) is 4.51. The Hall–Kier alpha value is -3.01. The van der Waals surface area contributed by atoms with Crippen molar-refractivity contribution >= 4 is 68.2 Å². The molecule has 3 amide bonds. The zero-order chi connectivity index (χ0) is 22.5. The van der Waals surface area contributed by atoms with Gasteiger partial charge in [-0.05, 0) is 55.0 Å². The number of fused-ring (bicyclic) bond motifs is 1. The van der Waals surface area contributed by atoms with Crippen molar-refractivity contribution in [2.24, 2.45) is 0 Å². The smallest absolute Gasteiger partial charge is 0.323 e. The highest BCUT2D eigenvalue weighted by Crippen LogP contribution is 2.31. The highest BCUT2D eigenvalue weighted by Gasteiger charge is 2.11. The van der Waals surface area contributed by atoms with Crippen LogP contribution < -0.4 is 16.0 Å². The lowest BCUT2D eigenvalue weighted by atomic mass is 10.2. The minimum Gasteiger partial charge on any atom is -0.467 e. The van der Waals surface area contributed by atoms with E-state index in [0.29, 0.717) is 28.7 Å². The van der Waals surface area contributed by atoms with E-state index in [9.17, 15) is 9.59 Å². The molecule has 0 saturated heterocycles. The highest BCUT2D eigenvalue weighted by atomic mass is 35.5. The summed E-state index contributed by atoms with van der Waals surface area (Å²) in [5.74, 6) is 0.867. The Bertz CT molecular complexity index is 1260. The van der Waals surface area contributed by atoms with E-state index in [1.807, 2.05) is 25.1 Å². The first-order valence-electron chi connectivity index (χ1n) is 9.63. The first-order chi connectivity index (χ1) is 15.5. The van der Waals surface area contributed by atoms with Crippen LogP contribution in [-0.4, -0.2) is 22.7 Å². The molecule has 2 aromatic heterocycles. The number of carbonyl (C=O) groups excluding carboxylic acids is 2. The summed E-state index contributed by atoms with van der Waals surface area (Å²) in [6.45, 7) is 2.20. The molecule has 2 aromatic carbocycles. The molecular weight excluding hydrogens is 468 g/mol. The zero-order valence-corrected chi connectivity index (χ0v) is 19.4. The number of hydrogen-bond donors (Lipinski definition) is 3. The summed E-state index contributed by atoms with van der Waals surface area (Å²) in [5, 5.41) is 9.03. The molecule has 0 fully saturated rings. The molecular formula is C22H19ClN4O3S2. The van der Waals surface area contributed by atoms with E-state index < -0.39 is 0 Å². The van der Waals surface area contributed by atoms with Gasteiger partial charge in [-0.25, -0.2) is 9.78 Å². The van der Waals surface area contributed by atoms with Gasteiger partial charge in [-0.2, -0.15) is 0 Å². The Kier molecular flexibility index (Phi) is 6.99. The molecule has 0 bridgehead atoms. The van der Waals surface area contributed by atoms with Gasteiger partial charge >= 0.3 is 6.03 Å². The van der Waals surface area contributed by atoms with Crippen LogP contribution in [0.4, 0.5) is 16.2 Å². The number of anilines is 2. The monoisotopic (exact) mass is 486 g/mol. The number of aromatic nitrogens is 1. The van der Waals surface area contributed by atoms with E-state index in [-0.39, 0.29) is 17.7 Å². The molecule has 0 saturated carbocycles. The maximum atomic E-state index is 12.4. The molecule has 7 nitrogen and oxygen atoms in total. The number of thioether (sulfide) groups is 1. The molecule has 2 heterocycles. The summed E-state index contributed by atoms with van der Waals surface area (Å²) < 4.78 is 6.90. The lowest BCUT2D eigenvalue weighted by Gasteiger charge is -2.10. The van der Waals surface area contributed by atoms with E-state index >= 15 is 0 Å². The van der Waals surface area contributed by atoms with E-state index in [1.165, 1.54) is 23.1 Å². The van der Waals surface area contributed by atoms with Gasteiger partial charge in [0.25, 0.3) is 0 Å². The predicted octanol–water partition coefficient (Wildman–Crippen LogP) is 5.90. The Morgan fingerprint density at radius 3 is 2.84 bits per heavy atom. The Balaban J connectivity index is 1.33. The largest absolute Gasteiger partial charge is 0.467 e. The molecule has 0 aliphatic carbocycles. The molecule has 10 heteroatoms. The summed E-state index contributed by atoms with van der Waals surface area (Å²) in [4.78, 5) is 29.0. The lowest BCUT2D eigenvalue weighted by molar-refractivity contribution is -0.118. The number of halogens is 1. The molecule has 0 radical (unpaired) electrons. The zero-order valence-electron chi connectivity index (χ0n) is 17.0. The highest BCUT2D eigenvalue weighted by molar-refractivity contribution is 8.01. The van der Waals surface area contributed by atoms with Gasteiger partial charge in [0.2, 0.25) is 5.91 Å². The van der Waals surface area contributed by atoms with Gasteiger partial charge < -0.3 is 20.4 Å². The van der Waals surface area contributed by atoms with Crippen molar-refractivity contribution in [1.82, 2.24) is 10.3 Å². The molecule has 0 spiro atoms. The van der Waals surface area contributed by atoms with E-state index in [1.54, 1.807) is 36.6 Å². The van der Waals surface area contributed by atoms with Crippen molar-refractivity contribution in [3.63, 3.8) is 0 Å². The lowest BCUT2D eigenvalue weighted by Crippen LogP contribution is -2.24. The van der Waals surface area contributed by atoms with Gasteiger partial charge in [-0.15, -0.1) is 11.3 Å². The van der Waals surface area contributed by atoms with Gasteiger partial charge in [0.1, 0.15) is 5.76 Å². The number of nitrogens with one attached hydrogen (secondary N) is 3. The number of benzene rings is 2. The van der Waals surface area contributed by atoms with Crippen LogP contribution in [0, 0.1) is 6.92 Å². The molecule has 164 valence electrons. The van der Waals surface area contributed by atoms with Gasteiger partial charge in [0.05, 0.1) is 28.8 Å². The Morgan fingerprint density at radius 1 is 1.16 bits per heavy atom. The quantitative estimate of drug-likeness (QED) is 0.282. The number of nitrogens with zero attached hydrogens (tertiary/aromatic N) is 1. The average molecular weight is 487 g/mol. The fraction of sp³-hybridized carbons (Fsp3) is 0.136. The minimum atomic E-state index is -0.359. The summed E-state index contributed by atoms with van der Waals surface area (Å²) in [6, 6.07) is 14.1. The minimum absolute atomic E-state index is 0.0963. The predicted molar refractivity (Wildman–Crippen MR) is 130 cm³/mol. The van der Waals surface area contributed by atoms with Crippen LogP contribution in [0.3, 0.4) is 0 Å². The van der Waals surface area contributed by atoms with Crippen molar-refractivity contribution < 1.29 is 14.0 Å². The number of carbonyl (C=O) groups is 2. The molecule has 0 atom stereocenters. The van der Waals surface area contributed by atoms with Gasteiger partial charge in [0, 0.05) is 16.4 Å². The molecule has 4 aromatic rings. The van der Waals surface area contributed by atoms with Crippen molar-refractivity contribution in [2.75, 3.05) is 16.4 Å². The van der Waals surface area contributed by atoms with Crippen molar-refractivity contribution in [3.8, 4) is 0 Å². The SMILES string of the molecule is Cc1c(Cl)cccc1NC(=O)Nc1ccc2nc(SCC(=O)NCc3ccco3)sc2c1. The average Bonchev–Trinajstić information content (AvgIpc) is 3.43. The number of furan rings is 1. The summed E-state index contributed by atoms with van der Waals surface area (Å²) in [7, 11) is 0. The Morgan fingerprint density at radius 2 is 2.03 bits per heavy atom. The molecule has 4 rings (SSSR count). The molecule has 0 aliphatic rings. The van der Waals surface area contributed by atoms with Crippen LogP contribution in [0.5, 0.6) is 0 Å².